The number of hydrogen-bond acceptors (Lipinski definition) is 4. The van der Waals surface area contributed by atoms with Crippen molar-refractivity contribution in [3.63, 3.8) is 0 Å². The highest BCUT2D eigenvalue weighted by molar-refractivity contribution is 6.29. The number of rotatable bonds is 4. The van der Waals surface area contributed by atoms with Gasteiger partial charge >= 0.3 is 0 Å². The molecule has 110 valence electrons. The first-order valence-corrected chi connectivity index (χ1v) is 6.58. The number of carbonyl (C=O) groups is 1. The number of amides is 1. The van der Waals surface area contributed by atoms with Gasteiger partial charge in [-0.3, -0.25) is 4.79 Å². The zero-order chi connectivity index (χ0) is 15.4. The molecule has 21 heavy (non-hydrogen) atoms. The lowest BCUT2D eigenvalue weighted by Gasteiger charge is -2.15. The summed E-state index contributed by atoms with van der Waals surface area (Å²) in [7, 11) is 0. The second kappa shape index (κ2) is 6.51. The van der Waals surface area contributed by atoms with Crippen LogP contribution in [0.25, 0.3) is 0 Å². The molecule has 4 N–H and O–H groups in total. The van der Waals surface area contributed by atoms with Crippen LogP contribution in [0.1, 0.15) is 28.9 Å². The van der Waals surface area contributed by atoms with E-state index in [4.69, 9.17) is 17.4 Å². The predicted molar refractivity (Wildman–Crippen MR) is 79.3 cm³/mol. The molecular formula is C14H14ClFN4O. The summed E-state index contributed by atoms with van der Waals surface area (Å²) < 4.78 is 13.7. The molecule has 1 atom stereocenters. The number of nitrogens with one attached hydrogen (secondary N) is 2. The fourth-order valence-corrected chi connectivity index (χ4v) is 2.09. The lowest BCUT2D eigenvalue weighted by Crippen LogP contribution is -2.27. The van der Waals surface area contributed by atoms with E-state index < -0.39 is 11.9 Å². The van der Waals surface area contributed by atoms with Crippen LogP contribution in [-0.4, -0.2) is 10.9 Å². The summed E-state index contributed by atoms with van der Waals surface area (Å²) >= 11 is 5.80. The highest BCUT2D eigenvalue weighted by Crippen LogP contribution is 2.18. The van der Waals surface area contributed by atoms with Crippen molar-refractivity contribution < 1.29 is 9.18 Å². The molecule has 2 aromatic rings. The predicted octanol–water partition coefficient (Wildman–Crippen LogP) is 2.65. The Morgan fingerprint density at radius 2 is 2.10 bits per heavy atom. The van der Waals surface area contributed by atoms with E-state index in [0.29, 0.717) is 5.56 Å². The maximum atomic E-state index is 13.7. The number of nitrogen functional groups attached to an aromatic ring is 1. The zero-order valence-electron chi connectivity index (χ0n) is 11.2. The fourth-order valence-electron chi connectivity index (χ4n) is 1.89. The summed E-state index contributed by atoms with van der Waals surface area (Å²) in [5.74, 6) is 4.75. The van der Waals surface area contributed by atoms with Crippen LogP contribution < -0.4 is 16.6 Å². The average molecular weight is 309 g/mol. The molecule has 1 heterocycles. The minimum Gasteiger partial charge on any atom is -0.345 e. The van der Waals surface area contributed by atoms with Crippen molar-refractivity contribution in [2.45, 2.75) is 13.0 Å². The largest absolute Gasteiger partial charge is 0.345 e. The summed E-state index contributed by atoms with van der Waals surface area (Å²) in [4.78, 5) is 16.0. The number of nitrogens with two attached hydrogens (primary N) is 1. The number of aromatic nitrogens is 1. The summed E-state index contributed by atoms with van der Waals surface area (Å²) in [6, 6.07) is 8.64. The second-order valence-corrected chi connectivity index (χ2v) is 4.81. The van der Waals surface area contributed by atoms with Gasteiger partial charge in [0.25, 0.3) is 5.91 Å². The third-order valence-electron chi connectivity index (χ3n) is 2.92. The van der Waals surface area contributed by atoms with Gasteiger partial charge in [0.2, 0.25) is 0 Å². The Morgan fingerprint density at radius 1 is 1.38 bits per heavy atom. The van der Waals surface area contributed by atoms with Crippen LogP contribution in [0.15, 0.2) is 36.4 Å². The van der Waals surface area contributed by atoms with Gasteiger partial charge in [-0.1, -0.05) is 29.8 Å². The fraction of sp³-hybridized carbons (Fsp3) is 0.143. The molecule has 2 rings (SSSR count). The second-order valence-electron chi connectivity index (χ2n) is 4.42. The van der Waals surface area contributed by atoms with Crippen molar-refractivity contribution in [3.05, 3.63) is 58.5 Å². The molecule has 0 fully saturated rings. The Labute approximate surface area is 126 Å². The smallest absolute Gasteiger partial charge is 0.252 e. The van der Waals surface area contributed by atoms with Crippen LogP contribution in [0, 0.1) is 5.82 Å². The average Bonchev–Trinajstić information content (AvgIpc) is 2.46. The van der Waals surface area contributed by atoms with Gasteiger partial charge in [0.1, 0.15) is 16.8 Å². The monoisotopic (exact) mass is 308 g/mol. The first-order valence-electron chi connectivity index (χ1n) is 6.20. The summed E-state index contributed by atoms with van der Waals surface area (Å²) in [6.07, 6.45) is 0. The molecule has 0 aliphatic heterocycles. The highest BCUT2D eigenvalue weighted by Gasteiger charge is 2.15. The zero-order valence-corrected chi connectivity index (χ0v) is 12.0. The van der Waals surface area contributed by atoms with Gasteiger partial charge in [-0.15, -0.1) is 0 Å². The molecule has 0 saturated carbocycles. The third-order valence-corrected chi connectivity index (χ3v) is 3.12. The Morgan fingerprint density at radius 3 is 2.76 bits per heavy atom. The lowest BCUT2D eigenvalue weighted by molar-refractivity contribution is 0.0939. The molecule has 0 bridgehead atoms. The number of benzene rings is 1. The molecule has 1 unspecified atom stereocenters. The van der Waals surface area contributed by atoms with E-state index in [-0.39, 0.29) is 22.4 Å². The number of hydrogen-bond donors (Lipinski definition) is 3. The van der Waals surface area contributed by atoms with Crippen molar-refractivity contribution in [2.75, 3.05) is 5.43 Å². The Balaban J connectivity index is 2.18. The number of carbonyl (C=O) groups excluding carboxylic acids is 1. The Bertz CT molecular complexity index is 665. The maximum Gasteiger partial charge on any atom is 0.252 e. The van der Waals surface area contributed by atoms with Crippen molar-refractivity contribution in [3.8, 4) is 0 Å². The van der Waals surface area contributed by atoms with Gasteiger partial charge in [0.15, 0.2) is 0 Å². The minimum atomic E-state index is -0.486. The molecule has 0 spiro atoms. The summed E-state index contributed by atoms with van der Waals surface area (Å²) in [5, 5.41) is 2.83. The third kappa shape index (κ3) is 3.68. The van der Waals surface area contributed by atoms with Gasteiger partial charge in [-0.25, -0.2) is 15.2 Å². The summed E-state index contributed by atoms with van der Waals surface area (Å²) in [6.45, 7) is 1.70. The normalized spacial score (nSPS) is 11.8. The maximum absolute atomic E-state index is 13.7. The molecule has 5 nitrogen and oxygen atoms in total. The van der Waals surface area contributed by atoms with E-state index >= 15 is 0 Å². The minimum absolute atomic E-state index is 0.133. The van der Waals surface area contributed by atoms with Crippen LogP contribution >= 0.6 is 11.6 Å². The number of hydrazine groups is 1. The van der Waals surface area contributed by atoms with Crippen LogP contribution in [0.4, 0.5) is 10.2 Å². The molecule has 0 aliphatic carbocycles. The molecule has 1 aromatic carbocycles. The Kier molecular flexibility index (Phi) is 4.72. The first-order chi connectivity index (χ1) is 10.0. The van der Waals surface area contributed by atoms with Crippen molar-refractivity contribution in [1.82, 2.24) is 10.3 Å². The molecule has 1 aromatic heterocycles. The first kappa shape index (κ1) is 15.2. The van der Waals surface area contributed by atoms with E-state index in [1.165, 1.54) is 18.2 Å². The van der Waals surface area contributed by atoms with Crippen LogP contribution in [0.2, 0.25) is 5.15 Å². The van der Waals surface area contributed by atoms with Gasteiger partial charge < -0.3 is 10.7 Å². The topological polar surface area (TPSA) is 80.0 Å². The SMILES string of the molecule is CC(NC(=O)c1cc(Cl)nc(NN)c1)c1ccccc1F. The molecule has 7 heteroatoms. The quantitative estimate of drug-likeness (QED) is 0.461. The molecule has 0 radical (unpaired) electrons. The van der Waals surface area contributed by atoms with Crippen molar-refractivity contribution in [1.29, 1.82) is 0 Å². The van der Waals surface area contributed by atoms with Gasteiger partial charge in [0.05, 0.1) is 6.04 Å². The van der Waals surface area contributed by atoms with Gasteiger partial charge in [0, 0.05) is 11.1 Å². The number of halogens is 2. The number of pyridine rings is 1. The van der Waals surface area contributed by atoms with Crippen LogP contribution in [0.3, 0.4) is 0 Å². The van der Waals surface area contributed by atoms with Crippen LogP contribution in [-0.2, 0) is 0 Å². The van der Waals surface area contributed by atoms with E-state index in [0.717, 1.165) is 0 Å². The van der Waals surface area contributed by atoms with E-state index in [1.54, 1.807) is 25.1 Å². The van der Waals surface area contributed by atoms with Crippen molar-refractivity contribution >= 4 is 23.3 Å². The number of anilines is 1. The van der Waals surface area contributed by atoms with Crippen molar-refractivity contribution in [2.24, 2.45) is 5.84 Å². The lowest BCUT2D eigenvalue weighted by atomic mass is 10.1. The van der Waals surface area contributed by atoms with Crippen LogP contribution in [0.5, 0.6) is 0 Å². The van der Waals surface area contributed by atoms with Gasteiger partial charge in [-0.05, 0) is 25.1 Å². The molecule has 0 saturated heterocycles. The standard InChI is InChI=1S/C14H14ClFN4O/c1-8(10-4-2-3-5-11(10)16)18-14(21)9-6-12(15)19-13(7-9)20-17/h2-8H,17H2,1H3,(H,18,21)(H,19,20). The van der Waals surface area contributed by atoms with Gasteiger partial charge in [-0.2, -0.15) is 0 Å². The molecule has 1 amide bonds. The van der Waals surface area contributed by atoms with E-state index in [1.807, 2.05) is 0 Å². The molecular weight excluding hydrogens is 295 g/mol. The molecule has 0 aliphatic rings. The van der Waals surface area contributed by atoms with E-state index in [9.17, 15) is 9.18 Å². The highest BCUT2D eigenvalue weighted by atomic mass is 35.5. The number of nitrogens with zero attached hydrogens (tertiary/aromatic N) is 1. The Hall–Kier alpha value is -2.18. The van der Waals surface area contributed by atoms with E-state index in [2.05, 4.69) is 15.7 Å². The summed E-state index contributed by atoms with van der Waals surface area (Å²) in [5.41, 5.74) is 3.01.